The lowest BCUT2D eigenvalue weighted by atomic mass is 10.0. The summed E-state index contributed by atoms with van der Waals surface area (Å²) in [5.74, 6) is -0.0723. The molecule has 2 heterocycles. The Hall–Kier alpha value is -4.00. The SMILES string of the molecule is CCOc1ccc(C(=O)NCCN2CC(C(=O)NC(C#N)c3ccc(CC)cc3)N=N2)nc1. The van der Waals surface area contributed by atoms with E-state index in [1.54, 1.807) is 17.1 Å². The molecule has 2 N–H and O–H groups in total. The maximum absolute atomic E-state index is 12.6. The third-order valence-corrected chi connectivity index (χ3v) is 5.08. The molecule has 1 aliphatic rings. The number of carbonyl (C=O) groups excluding carboxylic acids is 2. The van der Waals surface area contributed by atoms with E-state index in [1.807, 2.05) is 31.2 Å². The van der Waals surface area contributed by atoms with Gasteiger partial charge in [-0.05, 0) is 36.6 Å². The summed E-state index contributed by atoms with van der Waals surface area (Å²) in [6.45, 7) is 5.42. The highest BCUT2D eigenvalue weighted by molar-refractivity contribution is 5.92. The van der Waals surface area contributed by atoms with Crippen molar-refractivity contribution in [3.05, 3.63) is 59.4 Å². The van der Waals surface area contributed by atoms with Gasteiger partial charge in [0.15, 0.2) is 6.04 Å². The Balaban J connectivity index is 1.43. The molecule has 10 nitrogen and oxygen atoms in total. The van der Waals surface area contributed by atoms with E-state index >= 15 is 0 Å². The van der Waals surface area contributed by atoms with Gasteiger partial charge >= 0.3 is 0 Å². The fraction of sp³-hybridized carbons (Fsp3) is 0.391. The fourth-order valence-corrected chi connectivity index (χ4v) is 3.21. The highest BCUT2D eigenvalue weighted by atomic mass is 16.5. The first-order valence-electron chi connectivity index (χ1n) is 10.9. The quantitative estimate of drug-likeness (QED) is 0.571. The number of rotatable bonds is 10. The van der Waals surface area contributed by atoms with Crippen LogP contribution in [0.5, 0.6) is 5.75 Å². The molecular weight excluding hydrogens is 422 g/mol. The van der Waals surface area contributed by atoms with Crippen LogP contribution in [-0.4, -0.2) is 54.1 Å². The molecule has 2 unspecified atom stereocenters. The molecule has 1 aliphatic heterocycles. The van der Waals surface area contributed by atoms with Crippen molar-refractivity contribution in [2.24, 2.45) is 10.3 Å². The van der Waals surface area contributed by atoms with E-state index in [9.17, 15) is 14.9 Å². The summed E-state index contributed by atoms with van der Waals surface area (Å²) in [4.78, 5) is 28.9. The maximum Gasteiger partial charge on any atom is 0.269 e. The second-order valence-electron chi connectivity index (χ2n) is 7.37. The number of pyridine rings is 1. The number of carbonyl (C=O) groups is 2. The van der Waals surface area contributed by atoms with Crippen molar-refractivity contribution < 1.29 is 14.3 Å². The molecule has 0 saturated heterocycles. The van der Waals surface area contributed by atoms with Gasteiger partial charge in [-0.1, -0.05) is 36.4 Å². The van der Waals surface area contributed by atoms with E-state index in [1.165, 1.54) is 6.20 Å². The Morgan fingerprint density at radius 3 is 2.67 bits per heavy atom. The van der Waals surface area contributed by atoms with E-state index in [2.05, 4.69) is 38.9 Å². The molecule has 33 heavy (non-hydrogen) atoms. The minimum absolute atomic E-state index is 0.274. The summed E-state index contributed by atoms with van der Waals surface area (Å²) in [6, 6.07) is 11.5. The van der Waals surface area contributed by atoms with E-state index in [-0.39, 0.29) is 24.1 Å². The minimum Gasteiger partial charge on any atom is -0.492 e. The molecular formula is C23H27N7O3. The Morgan fingerprint density at radius 2 is 2.03 bits per heavy atom. The van der Waals surface area contributed by atoms with Crippen LogP contribution in [0.25, 0.3) is 0 Å². The molecule has 0 fully saturated rings. The molecule has 2 aromatic rings. The van der Waals surface area contributed by atoms with Crippen LogP contribution in [0.4, 0.5) is 0 Å². The highest BCUT2D eigenvalue weighted by Gasteiger charge is 2.28. The second-order valence-corrected chi connectivity index (χ2v) is 7.37. The van der Waals surface area contributed by atoms with Gasteiger partial charge in [0.05, 0.1) is 32.0 Å². The van der Waals surface area contributed by atoms with Crippen molar-refractivity contribution in [1.29, 1.82) is 5.26 Å². The van der Waals surface area contributed by atoms with Crippen molar-refractivity contribution >= 4 is 11.8 Å². The van der Waals surface area contributed by atoms with Gasteiger partial charge in [-0.3, -0.25) is 14.6 Å². The molecule has 0 saturated carbocycles. The zero-order chi connectivity index (χ0) is 23.6. The summed E-state index contributed by atoms with van der Waals surface area (Å²) in [6.07, 6.45) is 2.41. The smallest absolute Gasteiger partial charge is 0.269 e. The zero-order valence-corrected chi connectivity index (χ0v) is 18.7. The van der Waals surface area contributed by atoms with Crippen molar-refractivity contribution in [3.8, 4) is 11.8 Å². The van der Waals surface area contributed by atoms with Gasteiger partial charge in [0.1, 0.15) is 17.5 Å². The number of amides is 2. The maximum atomic E-state index is 12.6. The van der Waals surface area contributed by atoms with Gasteiger partial charge in [0.2, 0.25) is 5.91 Å². The molecule has 10 heteroatoms. The molecule has 2 amide bonds. The van der Waals surface area contributed by atoms with Crippen molar-refractivity contribution in [2.45, 2.75) is 32.4 Å². The van der Waals surface area contributed by atoms with Gasteiger partial charge in [-0.25, -0.2) is 4.98 Å². The first-order valence-corrected chi connectivity index (χ1v) is 10.9. The number of ether oxygens (including phenoxy) is 1. The molecule has 3 rings (SSSR count). The van der Waals surface area contributed by atoms with Crippen LogP contribution in [0.3, 0.4) is 0 Å². The van der Waals surface area contributed by atoms with Crippen LogP contribution in [0, 0.1) is 11.3 Å². The molecule has 1 aromatic carbocycles. The lowest BCUT2D eigenvalue weighted by Crippen LogP contribution is -2.40. The first kappa shape index (κ1) is 23.7. The molecule has 0 spiro atoms. The number of hydrogen-bond donors (Lipinski definition) is 2. The van der Waals surface area contributed by atoms with Gasteiger partial charge in [-0.2, -0.15) is 10.4 Å². The summed E-state index contributed by atoms with van der Waals surface area (Å²) in [5, 5.41) is 24.6. The Labute approximate surface area is 192 Å². The van der Waals surface area contributed by atoms with Crippen LogP contribution in [0.2, 0.25) is 0 Å². The summed E-state index contributed by atoms with van der Waals surface area (Å²) >= 11 is 0. The summed E-state index contributed by atoms with van der Waals surface area (Å²) < 4.78 is 5.31. The van der Waals surface area contributed by atoms with E-state index < -0.39 is 12.1 Å². The largest absolute Gasteiger partial charge is 0.492 e. The van der Waals surface area contributed by atoms with Crippen LogP contribution in [0.1, 0.15) is 41.5 Å². The van der Waals surface area contributed by atoms with Crippen LogP contribution >= 0.6 is 0 Å². The molecule has 2 atom stereocenters. The van der Waals surface area contributed by atoms with E-state index in [4.69, 9.17) is 4.74 Å². The predicted molar refractivity (Wildman–Crippen MR) is 120 cm³/mol. The van der Waals surface area contributed by atoms with E-state index in [0.29, 0.717) is 25.4 Å². The van der Waals surface area contributed by atoms with Gasteiger partial charge in [0, 0.05) is 6.54 Å². The van der Waals surface area contributed by atoms with Crippen molar-refractivity contribution in [1.82, 2.24) is 20.6 Å². The number of hydrogen-bond acceptors (Lipinski definition) is 8. The number of aromatic nitrogens is 1. The normalized spacial score (nSPS) is 15.5. The van der Waals surface area contributed by atoms with E-state index in [0.717, 1.165) is 17.5 Å². The molecule has 0 bridgehead atoms. The molecule has 172 valence electrons. The zero-order valence-electron chi connectivity index (χ0n) is 18.7. The Bertz CT molecular complexity index is 1020. The van der Waals surface area contributed by atoms with Crippen LogP contribution in [-0.2, 0) is 11.2 Å². The second kappa shape index (κ2) is 11.6. The number of nitrogens with zero attached hydrogens (tertiary/aromatic N) is 5. The Kier molecular flexibility index (Phi) is 8.30. The number of nitrogens with one attached hydrogen (secondary N) is 2. The fourth-order valence-electron chi connectivity index (χ4n) is 3.21. The number of benzene rings is 1. The summed E-state index contributed by atoms with van der Waals surface area (Å²) in [7, 11) is 0. The molecule has 0 aliphatic carbocycles. The lowest BCUT2D eigenvalue weighted by Gasteiger charge is -2.16. The van der Waals surface area contributed by atoms with Gasteiger partial charge in [0.25, 0.3) is 5.91 Å². The third-order valence-electron chi connectivity index (χ3n) is 5.08. The number of nitriles is 1. The molecule has 0 radical (unpaired) electrons. The third kappa shape index (κ3) is 6.49. The monoisotopic (exact) mass is 449 g/mol. The highest BCUT2D eigenvalue weighted by Crippen LogP contribution is 2.16. The van der Waals surface area contributed by atoms with Crippen LogP contribution < -0.4 is 15.4 Å². The number of aryl methyl sites for hydroxylation is 1. The summed E-state index contributed by atoms with van der Waals surface area (Å²) in [5.41, 5.74) is 2.17. The lowest BCUT2D eigenvalue weighted by molar-refractivity contribution is -0.122. The minimum atomic E-state index is -0.756. The van der Waals surface area contributed by atoms with Gasteiger partial charge < -0.3 is 15.4 Å². The van der Waals surface area contributed by atoms with Crippen molar-refractivity contribution in [3.63, 3.8) is 0 Å². The average molecular weight is 450 g/mol. The molecule has 1 aromatic heterocycles. The topological polar surface area (TPSA) is 132 Å². The van der Waals surface area contributed by atoms with Crippen LogP contribution in [0.15, 0.2) is 52.9 Å². The Morgan fingerprint density at radius 1 is 1.24 bits per heavy atom. The predicted octanol–water partition coefficient (Wildman–Crippen LogP) is 2.20. The standard InChI is InChI=1S/C23H27N7O3/c1-3-16-5-7-17(8-6-16)20(13-24)27-23(32)21-15-30(29-28-21)12-11-25-22(31)19-10-9-18(14-26-19)33-4-2/h5-10,14,20-21H,3-4,11-12,15H2,1-2H3,(H,25,31)(H,27,32). The first-order chi connectivity index (χ1) is 16.0. The van der Waals surface area contributed by atoms with Gasteiger partial charge in [-0.15, -0.1) is 0 Å². The van der Waals surface area contributed by atoms with Crippen molar-refractivity contribution in [2.75, 3.05) is 26.2 Å². The average Bonchev–Trinajstić information content (AvgIpc) is 3.32.